The van der Waals surface area contributed by atoms with Crippen molar-refractivity contribution >= 4 is 34.9 Å². The van der Waals surface area contributed by atoms with E-state index in [-0.39, 0.29) is 19.9 Å². The van der Waals surface area contributed by atoms with Gasteiger partial charge in [0.05, 0.1) is 17.2 Å². The summed E-state index contributed by atoms with van der Waals surface area (Å²) in [5.41, 5.74) is 3.83. The maximum Gasteiger partial charge on any atom is 0.248 e. The molecule has 4 nitrogen and oxygen atoms in total. The van der Waals surface area contributed by atoms with E-state index in [2.05, 4.69) is 11.9 Å². The van der Waals surface area contributed by atoms with Crippen molar-refractivity contribution in [2.45, 2.75) is 38.5 Å². The molecule has 0 spiro atoms. The lowest BCUT2D eigenvalue weighted by molar-refractivity contribution is -0.117. The largest absolute Gasteiger partial charge is 0.313 e. The second-order valence-electron chi connectivity index (χ2n) is 7.74. The Morgan fingerprint density at radius 2 is 1.56 bits per heavy atom. The van der Waals surface area contributed by atoms with Gasteiger partial charge in [-0.1, -0.05) is 87.5 Å². The molecule has 3 aromatic carbocycles. The molecule has 3 aromatic rings. The van der Waals surface area contributed by atoms with Crippen molar-refractivity contribution < 1.29 is 9.59 Å². The monoisotopic (exact) mass is 474 g/mol. The van der Waals surface area contributed by atoms with Crippen LogP contribution in [0.4, 0.5) is 5.69 Å². The van der Waals surface area contributed by atoms with Crippen LogP contribution in [0.3, 0.4) is 0 Å². The zero-order valence-corrected chi connectivity index (χ0v) is 20.1. The molecule has 0 saturated heterocycles. The molecule has 1 amide bonds. The molecular weight excluding hydrogens is 440 g/mol. The van der Waals surface area contributed by atoms with E-state index in [0.717, 1.165) is 41.8 Å². The van der Waals surface area contributed by atoms with Crippen molar-refractivity contribution in [3.05, 3.63) is 96.1 Å². The van der Waals surface area contributed by atoms with Gasteiger partial charge < -0.3 is 4.90 Å². The Kier molecular flexibility index (Phi) is 11.3. The number of Topliss-reactive ketones (excluding diaryl/α,β-unsaturated/α-hetero) is 1. The number of ketones is 1. The third-order valence-corrected chi connectivity index (χ3v) is 6.34. The lowest BCUT2D eigenvalue weighted by Gasteiger charge is -2.17. The molecule has 34 heavy (non-hydrogen) atoms. The van der Waals surface area contributed by atoms with Gasteiger partial charge in [-0.25, -0.2) is 0 Å². The summed E-state index contributed by atoms with van der Waals surface area (Å²) in [5.74, 6) is 0.989. The van der Waals surface area contributed by atoms with Gasteiger partial charge in [-0.15, -0.1) is 11.8 Å². The lowest BCUT2D eigenvalue weighted by Crippen LogP contribution is -2.27. The van der Waals surface area contributed by atoms with Gasteiger partial charge in [0, 0.05) is 29.5 Å². The molecular formula is C29H34N2O2S. The summed E-state index contributed by atoms with van der Waals surface area (Å²) in [5, 5.41) is 0. The van der Waals surface area contributed by atoms with Gasteiger partial charge >= 0.3 is 0 Å². The van der Waals surface area contributed by atoms with Crippen LogP contribution in [0.1, 0.15) is 44.7 Å². The maximum atomic E-state index is 12.0. The number of nitrogens with zero attached hydrogens (tertiary/aromatic N) is 2. The van der Waals surface area contributed by atoms with Crippen LogP contribution in [0.15, 0.2) is 94.8 Å². The number of unbranched alkanes of at least 4 members (excludes halogenated alkanes) is 1. The van der Waals surface area contributed by atoms with E-state index in [4.69, 9.17) is 0 Å². The number of amides is 1. The number of rotatable bonds is 7. The van der Waals surface area contributed by atoms with E-state index < -0.39 is 0 Å². The van der Waals surface area contributed by atoms with Crippen LogP contribution in [-0.4, -0.2) is 36.7 Å². The highest BCUT2D eigenvalue weighted by Crippen LogP contribution is 2.25. The third kappa shape index (κ3) is 7.70. The average molecular weight is 475 g/mol. The van der Waals surface area contributed by atoms with Crippen molar-refractivity contribution in [1.82, 2.24) is 0 Å². The first kappa shape index (κ1) is 27.1. The standard InChI is InChI=1S/C16H14N2O.C12H16OS.CH4/c1-18-14-10-6-5-9-13(14)16(17-11-15(18)19)12-7-3-2-4-8-12;1-2-3-7-11(13)10-14-12-8-5-4-6-9-12;/h2-10H,11H2,1H3;4-6,8-9H,2-3,7,10H2,1H3;1H4. The highest BCUT2D eigenvalue weighted by molar-refractivity contribution is 8.00. The number of aliphatic imine (C=N–C) groups is 1. The molecule has 1 heterocycles. The highest BCUT2D eigenvalue weighted by atomic mass is 32.2. The van der Waals surface area contributed by atoms with E-state index in [1.807, 2.05) is 84.9 Å². The minimum atomic E-state index is 0. The predicted octanol–water partition coefficient (Wildman–Crippen LogP) is 6.67. The van der Waals surface area contributed by atoms with Crippen LogP contribution in [0, 0.1) is 0 Å². The third-order valence-electron chi connectivity index (χ3n) is 5.27. The Labute approximate surface area is 208 Å². The van der Waals surface area contributed by atoms with Gasteiger partial charge in [0.25, 0.3) is 0 Å². The second-order valence-corrected chi connectivity index (χ2v) is 8.79. The summed E-state index contributed by atoms with van der Waals surface area (Å²) in [6, 6.07) is 27.9. The number of benzodiazepines with no additional fused rings is 1. The normalized spacial score (nSPS) is 12.4. The maximum absolute atomic E-state index is 12.0. The van der Waals surface area contributed by atoms with Gasteiger partial charge in [-0.05, 0) is 24.6 Å². The topological polar surface area (TPSA) is 49.7 Å². The van der Waals surface area contributed by atoms with Crippen molar-refractivity contribution in [3.8, 4) is 0 Å². The van der Waals surface area contributed by atoms with Gasteiger partial charge in [0.15, 0.2) is 0 Å². The van der Waals surface area contributed by atoms with Crippen LogP contribution in [0.25, 0.3) is 0 Å². The lowest BCUT2D eigenvalue weighted by atomic mass is 10.0. The summed E-state index contributed by atoms with van der Waals surface area (Å²) in [6.07, 6.45) is 2.85. The van der Waals surface area contributed by atoms with Gasteiger partial charge in [0.1, 0.15) is 12.3 Å². The Morgan fingerprint density at radius 3 is 2.24 bits per heavy atom. The van der Waals surface area contributed by atoms with E-state index in [9.17, 15) is 9.59 Å². The minimum absolute atomic E-state index is 0. The van der Waals surface area contributed by atoms with Crippen LogP contribution in [0.2, 0.25) is 0 Å². The van der Waals surface area contributed by atoms with Crippen molar-refractivity contribution in [2.24, 2.45) is 4.99 Å². The van der Waals surface area contributed by atoms with E-state index in [1.54, 1.807) is 23.7 Å². The fourth-order valence-electron chi connectivity index (χ4n) is 3.41. The smallest absolute Gasteiger partial charge is 0.248 e. The molecule has 0 aromatic heterocycles. The number of fused-ring (bicyclic) bond motifs is 1. The van der Waals surface area contributed by atoms with Gasteiger partial charge in [-0.2, -0.15) is 0 Å². The van der Waals surface area contributed by atoms with Gasteiger partial charge in [-0.3, -0.25) is 14.6 Å². The molecule has 0 aliphatic carbocycles. The Hall–Kier alpha value is -3.18. The molecule has 5 heteroatoms. The molecule has 1 aliphatic rings. The van der Waals surface area contributed by atoms with Crippen LogP contribution >= 0.6 is 11.8 Å². The van der Waals surface area contributed by atoms with Crippen LogP contribution in [-0.2, 0) is 9.59 Å². The molecule has 0 N–H and O–H groups in total. The number of carbonyl (C=O) groups is 2. The molecule has 0 bridgehead atoms. The van der Waals surface area contributed by atoms with E-state index >= 15 is 0 Å². The Bertz CT molecular complexity index is 1080. The molecule has 0 saturated carbocycles. The van der Waals surface area contributed by atoms with Crippen molar-refractivity contribution in [3.63, 3.8) is 0 Å². The molecule has 0 fully saturated rings. The van der Waals surface area contributed by atoms with Crippen LogP contribution < -0.4 is 4.90 Å². The van der Waals surface area contributed by atoms with Crippen LogP contribution in [0.5, 0.6) is 0 Å². The number of likely N-dealkylation sites (N-methyl/N-ethyl adjacent to an activating group) is 1. The number of para-hydroxylation sites is 1. The number of thioether (sulfide) groups is 1. The second kappa shape index (κ2) is 14.2. The molecule has 0 radical (unpaired) electrons. The zero-order chi connectivity index (χ0) is 23.5. The number of hydrogen-bond acceptors (Lipinski definition) is 4. The van der Waals surface area contributed by atoms with E-state index in [1.165, 1.54) is 4.90 Å². The number of hydrogen-bond donors (Lipinski definition) is 0. The molecule has 178 valence electrons. The quantitative estimate of drug-likeness (QED) is 0.359. The van der Waals surface area contributed by atoms with Crippen molar-refractivity contribution in [2.75, 3.05) is 24.2 Å². The highest BCUT2D eigenvalue weighted by Gasteiger charge is 2.21. The minimum Gasteiger partial charge on any atom is -0.313 e. The Balaban J connectivity index is 0.000000245. The number of benzene rings is 3. The fraction of sp³-hybridized carbons (Fsp3) is 0.276. The molecule has 0 atom stereocenters. The summed E-state index contributed by atoms with van der Waals surface area (Å²) >= 11 is 1.63. The molecule has 0 unspecified atom stereocenters. The molecule has 4 rings (SSSR count). The van der Waals surface area contributed by atoms with Crippen molar-refractivity contribution in [1.29, 1.82) is 0 Å². The summed E-state index contributed by atoms with van der Waals surface area (Å²) < 4.78 is 0. The predicted molar refractivity (Wildman–Crippen MR) is 145 cm³/mol. The number of anilines is 1. The average Bonchev–Trinajstić information content (AvgIpc) is 2.99. The first-order valence-electron chi connectivity index (χ1n) is 11.3. The first-order chi connectivity index (χ1) is 16.1. The van der Waals surface area contributed by atoms with E-state index in [0.29, 0.717) is 11.5 Å². The summed E-state index contributed by atoms with van der Waals surface area (Å²) in [6.45, 7) is 2.30. The molecule has 1 aliphatic heterocycles. The fourth-order valence-corrected chi connectivity index (χ4v) is 4.23. The first-order valence-corrected chi connectivity index (χ1v) is 12.2. The summed E-state index contributed by atoms with van der Waals surface area (Å²) in [7, 11) is 1.80. The summed E-state index contributed by atoms with van der Waals surface area (Å²) in [4.78, 5) is 30.7. The van der Waals surface area contributed by atoms with Gasteiger partial charge in [0.2, 0.25) is 5.91 Å². The Morgan fingerprint density at radius 1 is 0.941 bits per heavy atom. The SMILES string of the molecule is C.CCCCC(=O)CSc1ccccc1.CN1C(=O)CN=C(c2ccccc2)c2ccccc21. The zero-order valence-electron chi connectivity index (χ0n) is 19.2. The number of carbonyl (C=O) groups excluding carboxylic acids is 2.